The second kappa shape index (κ2) is 5.68. The monoisotopic (exact) mass is 341 g/mol. The van der Waals surface area contributed by atoms with Crippen molar-refractivity contribution in [1.82, 2.24) is 20.2 Å². The molecule has 132 valence electrons. The molecule has 0 bridgehead atoms. The fraction of sp³-hybridized carbons (Fsp3) is 0.667. The summed E-state index contributed by atoms with van der Waals surface area (Å²) in [7, 11) is 0. The molecule has 0 amide bonds. The first-order valence-electron chi connectivity index (χ1n) is 9.28. The Morgan fingerprint density at radius 2 is 2.04 bits per heavy atom. The van der Waals surface area contributed by atoms with Crippen LogP contribution in [-0.4, -0.2) is 39.4 Å². The summed E-state index contributed by atoms with van der Waals surface area (Å²) in [5, 5.41) is 8.44. The zero-order valence-electron chi connectivity index (χ0n) is 14.5. The Morgan fingerprint density at radius 3 is 2.80 bits per heavy atom. The number of ether oxygens (including phenoxy) is 1. The summed E-state index contributed by atoms with van der Waals surface area (Å²) < 4.78 is 12.0. The van der Waals surface area contributed by atoms with Gasteiger partial charge in [-0.3, -0.25) is 0 Å². The van der Waals surface area contributed by atoms with Gasteiger partial charge in [0.2, 0.25) is 11.8 Å². The van der Waals surface area contributed by atoms with Crippen LogP contribution in [0.25, 0.3) is 0 Å². The van der Waals surface area contributed by atoms with E-state index < -0.39 is 0 Å². The molecule has 2 aromatic rings. The Balaban J connectivity index is 1.45. The average molecular weight is 341 g/mol. The van der Waals surface area contributed by atoms with Crippen LogP contribution in [0.1, 0.15) is 50.3 Å². The zero-order chi connectivity index (χ0) is 16.9. The van der Waals surface area contributed by atoms with Gasteiger partial charge < -0.3 is 14.1 Å². The van der Waals surface area contributed by atoms with Gasteiger partial charge in [0.15, 0.2) is 5.82 Å². The maximum absolute atomic E-state index is 6.09. The van der Waals surface area contributed by atoms with Gasteiger partial charge in [-0.2, -0.15) is 0 Å². The van der Waals surface area contributed by atoms with E-state index in [9.17, 15) is 0 Å². The van der Waals surface area contributed by atoms with Crippen molar-refractivity contribution in [2.24, 2.45) is 5.92 Å². The zero-order valence-corrected chi connectivity index (χ0v) is 14.5. The molecule has 0 spiro atoms. The summed E-state index contributed by atoms with van der Waals surface area (Å²) >= 11 is 0. The minimum atomic E-state index is -0.0491. The molecule has 3 heterocycles. The molecule has 0 radical (unpaired) electrons. The molecule has 7 heteroatoms. The van der Waals surface area contributed by atoms with Crippen LogP contribution >= 0.6 is 0 Å². The molecule has 0 aromatic carbocycles. The highest BCUT2D eigenvalue weighted by Crippen LogP contribution is 2.51. The molecule has 1 aliphatic heterocycles. The van der Waals surface area contributed by atoms with Crippen LogP contribution in [0.15, 0.2) is 16.8 Å². The van der Waals surface area contributed by atoms with Gasteiger partial charge in [-0.15, -0.1) is 10.2 Å². The van der Waals surface area contributed by atoms with E-state index >= 15 is 0 Å². The molecule has 25 heavy (non-hydrogen) atoms. The van der Waals surface area contributed by atoms with E-state index in [0.29, 0.717) is 23.8 Å². The van der Waals surface area contributed by atoms with Gasteiger partial charge >= 0.3 is 0 Å². The topological polar surface area (TPSA) is 77.2 Å². The Labute approximate surface area is 146 Å². The Morgan fingerprint density at radius 1 is 1.16 bits per heavy atom. The average Bonchev–Trinajstić information content (AvgIpc) is 3.25. The standard InChI is InChI=1S/C18H23N5O2/c1-12-21-22-17(24-12)18-7-3-4-13(18)10-23(11-18)15-16(20-9-8-19-15)25-14-5-2-6-14/h8-9,13-14H,2-7,10-11H2,1H3/t13-,18-/m0/s1. The number of aryl methyl sites for hydroxylation is 1. The van der Waals surface area contributed by atoms with Gasteiger partial charge in [-0.05, 0) is 38.0 Å². The first kappa shape index (κ1) is 15.1. The lowest BCUT2D eigenvalue weighted by Crippen LogP contribution is -2.33. The van der Waals surface area contributed by atoms with Crippen LogP contribution in [0.3, 0.4) is 0 Å². The largest absolute Gasteiger partial charge is 0.472 e. The van der Waals surface area contributed by atoms with Crippen molar-refractivity contribution < 1.29 is 9.15 Å². The first-order chi connectivity index (χ1) is 12.2. The minimum Gasteiger partial charge on any atom is -0.472 e. The molecule has 3 aliphatic rings. The molecule has 3 fully saturated rings. The molecule has 0 unspecified atom stereocenters. The third-order valence-electron chi connectivity index (χ3n) is 6.10. The molecule has 7 nitrogen and oxygen atoms in total. The van der Waals surface area contributed by atoms with Crippen LogP contribution in [0.2, 0.25) is 0 Å². The molecule has 2 aliphatic carbocycles. The molecule has 1 saturated heterocycles. The minimum absolute atomic E-state index is 0.0491. The predicted molar refractivity (Wildman–Crippen MR) is 90.6 cm³/mol. The van der Waals surface area contributed by atoms with Crippen LogP contribution in [0.4, 0.5) is 5.82 Å². The summed E-state index contributed by atoms with van der Waals surface area (Å²) in [6.45, 7) is 3.65. The van der Waals surface area contributed by atoms with Crippen molar-refractivity contribution in [3.8, 4) is 5.88 Å². The molecular formula is C18H23N5O2. The second-order valence-corrected chi connectivity index (χ2v) is 7.61. The van der Waals surface area contributed by atoms with Gasteiger partial charge in [-0.25, -0.2) is 9.97 Å². The molecule has 2 saturated carbocycles. The maximum atomic E-state index is 6.09. The van der Waals surface area contributed by atoms with E-state index in [0.717, 1.165) is 44.1 Å². The maximum Gasteiger partial charge on any atom is 0.257 e. The fourth-order valence-electron chi connectivity index (χ4n) is 4.56. The molecule has 2 aromatic heterocycles. The summed E-state index contributed by atoms with van der Waals surface area (Å²) in [5.41, 5.74) is -0.0491. The molecule has 0 N–H and O–H groups in total. The van der Waals surface area contributed by atoms with Crippen molar-refractivity contribution >= 4 is 5.82 Å². The Kier molecular flexibility index (Phi) is 3.43. The molecule has 2 atom stereocenters. The summed E-state index contributed by atoms with van der Waals surface area (Å²) in [6, 6.07) is 0. The van der Waals surface area contributed by atoms with Gasteiger partial charge in [0.1, 0.15) is 6.10 Å². The number of hydrogen-bond donors (Lipinski definition) is 0. The quantitative estimate of drug-likeness (QED) is 0.846. The smallest absolute Gasteiger partial charge is 0.257 e. The van der Waals surface area contributed by atoms with Crippen LogP contribution in [-0.2, 0) is 5.41 Å². The lowest BCUT2D eigenvalue weighted by atomic mass is 9.80. The van der Waals surface area contributed by atoms with Crippen molar-refractivity contribution in [2.75, 3.05) is 18.0 Å². The number of nitrogens with zero attached hydrogens (tertiary/aromatic N) is 5. The highest BCUT2D eigenvalue weighted by atomic mass is 16.5. The van der Waals surface area contributed by atoms with Crippen LogP contribution in [0.5, 0.6) is 5.88 Å². The van der Waals surface area contributed by atoms with Crippen LogP contribution in [0, 0.1) is 12.8 Å². The van der Waals surface area contributed by atoms with E-state index in [1.54, 1.807) is 12.4 Å². The van der Waals surface area contributed by atoms with Gasteiger partial charge in [-0.1, -0.05) is 6.42 Å². The van der Waals surface area contributed by atoms with Crippen molar-refractivity contribution in [2.45, 2.75) is 57.0 Å². The third-order valence-corrected chi connectivity index (χ3v) is 6.10. The van der Waals surface area contributed by atoms with Crippen molar-refractivity contribution in [3.63, 3.8) is 0 Å². The number of aromatic nitrogens is 4. The van der Waals surface area contributed by atoms with Gasteiger partial charge in [0.25, 0.3) is 5.88 Å². The SMILES string of the molecule is Cc1nnc([C@]23CCC[C@H]2CN(c2nccnc2OC2CCC2)C3)o1. The number of fused-ring (bicyclic) bond motifs is 1. The van der Waals surface area contributed by atoms with Crippen LogP contribution < -0.4 is 9.64 Å². The molecular weight excluding hydrogens is 318 g/mol. The lowest BCUT2D eigenvalue weighted by Gasteiger charge is -2.28. The highest BCUT2D eigenvalue weighted by Gasteiger charge is 2.54. The third kappa shape index (κ3) is 2.40. The Bertz CT molecular complexity index is 774. The van der Waals surface area contributed by atoms with E-state index in [4.69, 9.17) is 9.15 Å². The highest BCUT2D eigenvalue weighted by molar-refractivity contribution is 5.51. The van der Waals surface area contributed by atoms with E-state index in [2.05, 4.69) is 25.1 Å². The second-order valence-electron chi connectivity index (χ2n) is 7.61. The van der Waals surface area contributed by atoms with E-state index in [-0.39, 0.29) is 5.41 Å². The fourth-order valence-corrected chi connectivity index (χ4v) is 4.56. The summed E-state index contributed by atoms with van der Waals surface area (Å²) in [4.78, 5) is 11.4. The molecule has 5 rings (SSSR count). The normalized spacial score (nSPS) is 28.8. The van der Waals surface area contributed by atoms with Gasteiger partial charge in [0, 0.05) is 32.4 Å². The lowest BCUT2D eigenvalue weighted by molar-refractivity contribution is 0.114. The first-order valence-corrected chi connectivity index (χ1v) is 9.28. The summed E-state index contributed by atoms with van der Waals surface area (Å²) in [6.07, 6.45) is 10.7. The van der Waals surface area contributed by atoms with Crippen molar-refractivity contribution in [3.05, 3.63) is 24.2 Å². The van der Waals surface area contributed by atoms with E-state index in [1.807, 2.05) is 6.92 Å². The predicted octanol–water partition coefficient (Wildman–Crippen LogP) is 2.66. The number of hydrogen-bond acceptors (Lipinski definition) is 7. The van der Waals surface area contributed by atoms with Gasteiger partial charge in [0.05, 0.1) is 5.41 Å². The Hall–Kier alpha value is -2.18. The number of rotatable bonds is 4. The van der Waals surface area contributed by atoms with Crippen molar-refractivity contribution in [1.29, 1.82) is 0 Å². The van der Waals surface area contributed by atoms with E-state index in [1.165, 1.54) is 19.3 Å². The number of anilines is 1. The summed E-state index contributed by atoms with van der Waals surface area (Å²) in [5.74, 6) is 3.48.